The minimum Gasteiger partial charge on any atom is -0.348 e. The number of hydrogen-bond donors (Lipinski definition) is 0. The molecule has 0 aromatic carbocycles. The summed E-state index contributed by atoms with van der Waals surface area (Å²) in [4.78, 5) is 18.8. The Balaban J connectivity index is 2.38. The van der Waals surface area contributed by atoms with Crippen molar-refractivity contribution < 1.29 is 0 Å². The molecular formula is C14H20N4O. The molecule has 0 N–H and O–H groups in total. The van der Waals surface area contributed by atoms with Crippen LogP contribution in [-0.4, -0.2) is 22.1 Å². The van der Waals surface area contributed by atoms with Gasteiger partial charge in [0.15, 0.2) is 5.82 Å². The lowest BCUT2D eigenvalue weighted by Crippen LogP contribution is -2.40. The molecule has 0 aliphatic heterocycles. The molecule has 0 amide bonds. The Kier molecular flexibility index (Phi) is 3.61. The minimum absolute atomic E-state index is 0.0696. The predicted octanol–water partition coefficient (Wildman–Crippen LogP) is 1.88. The Morgan fingerprint density at radius 1 is 1.53 bits per heavy atom. The molecule has 2 rings (SSSR count). The molecular weight excluding hydrogens is 240 g/mol. The van der Waals surface area contributed by atoms with Crippen molar-refractivity contribution in [3.05, 3.63) is 22.7 Å². The minimum atomic E-state index is -0.265. The lowest BCUT2D eigenvalue weighted by atomic mass is 10.1. The molecule has 1 fully saturated rings. The Morgan fingerprint density at radius 3 is 2.74 bits per heavy atom. The fourth-order valence-corrected chi connectivity index (χ4v) is 2.14. The SMILES string of the molecule is CC(C)(C)n1ccnc(N(CCC#N)C2CC2)c1=O. The van der Waals surface area contributed by atoms with Crippen LogP contribution in [0.25, 0.3) is 0 Å². The molecule has 0 radical (unpaired) electrons. The molecule has 1 aromatic heterocycles. The second-order valence-corrected chi connectivity index (χ2v) is 5.93. The first-order chi connectivity index (χ1) is 8.95. The maximum atomic E-state index is 12.5. The molecule has 19 heavy (non-hydrogen) atoms. The second-order valence-electron chi connectivity index (χ2n) is 5.93. The van der Waals surface area contributed by atoms with E-state index in [1.54, 1.807) is 17.0 Å². The summed E-state index contributed by atoms with van der Waals surface area (Å²) in [5.41, 5.74) is -0.334. The van der Waals surface area contributed by atoms with Crippen molar-refractivity contribution in [3.63, 3.8) is 0 Å². The molecule has 1 saturated carbocycles. The highest BCUT2D eigenvalue weighted by Gasteiger charge is 2.32. The van der Waals surface area contributed by atoms with Gasteiger partial charge in [-0.2, -0.15) is 5.26 Å². The largest absolute Gasteiger partial charge is 0.348 e. The van der Waals surface area contributed by atoms with E-state index in [1.807, 2.05) is 25.7 Å². The third-order valence-corrected chi connectivity index (χ3v) is 3.27. The van der Waals surface area contributed by atoms with E-state index in [0.29, 0.717) is 24.8 Å². The summed E-state index contributed by atoms with van der Waals surface area (Å²) in [7, 11) is 0. The van der Waals surface area contributed by atoms with Crippen molar-refractivity contribution in [2.24, 2.45) is 0 Å². The fourth-order valence-electron chi connectivity index (χ4n) is 2.14. The Bertz CT molecular complexity index is 546. The smallest absolute Gasteiger partial charge is 0.293 e. The summed E-state index contributed by atoms with van der Waals surface area (Å²) < 4.78 is 1.71. The van der Waals surface area contributed by atoms with E-state index in [2.05, 4.69) is 11.1 Å². The van der Waals surface area contributed by atoms with Gasteiger partial charge in [0.1, 0.15) is 0 Å². The Morgan fingerprint density at radius 2 is 2.21 bits per heavy atom. The average molecular weight is 260 g/mol. The zero-order valence-corrected chi connectivity index (χ0v) is 11.8. The number of anilines is 1. The molecule has 5 nitrogen and oxygen atoms in total. The second kappa shape index (κ2) is 5.04. The number of aromatic nitrogens is 2. The van der Waals surface area contributed by atoms with E-state index in [4.69, 9.17) is 5.26 Å². The van der Waals surface area contributed by atoms with Crippen LogP contribution in [-0.2, 0) is 5.54 Å². The van der Waals surface area contributed by atoms with Crippen LogP contribution < -0.4 is 10.5 Å². The van der Waals surface area contributed by atoms with Gasteiger partial charge in [0.2, 0.25) is 0 Å². The summed E-state index contributed by atoms with van der Waals surface area (Å²) in [6.07, 6.45) is 5.97. The standard InChI is InChI=1S/C14H20N4O/c1-14(2,3)18-10-8-16-12(13(18)19)17(9-4-7-15)11-5-6-11/h8,10-11H,4-6,9H2,1-3H3. The van der Waals surface area contributed by atoms with E-state index in [9.17, 15) is 4.79 Å². The maximum absolute atomic E-state index is 12.5. The van der Waals surface area contributed by atoms with Gasteiger partial charge in [-0.3, -0.25) is 4.79 Å². The molecule has 1 aromatic rings. The average Bonchev–Trinajstić information content (AvgIpc) is 3.14. The van der Waals surface area contributed by atoms with E-state index < -0.39 is 0 Å². The van der Waals surface area contributed by atoms with Crippen LogP contribution in [0.2, 0.25) is 0 Å². The molecule has 1 aliphatic carbocycles. The van der Waals surface area contributed by atoms with Gasteiger partial charge in [-0.15, -0.1) is 0 Å². The zero-order valence-electron chi connectivity index (χ0n) is 11.8. The monoisotopic (exact) mass is 260 g/mol. The van der Waals surface area contributed by atoms with Crippen molar-refractivity contribution in [1.29, 1.82) is 5.26 Å². The first kappa shape index (κ1) is 13.6. The highest BCUT2D eigenvalue weighted by Crippen LogP contribution is 2.29. The van der Waals surface area contributed by atoms with Crippen LogP contribution in [0.3, 0.4) is 0 Å². The zero-order chi connectivity index (χ0) is 14.0. The molecule has 0 bridgehead atoms. The third-order valence-electron chi connectivity index (χ3n) is 3.27. The number of nitriles is 1. The summed E-state index contributed by atoms with van der Waals surface area (Å²) in [6.45, 7) is 6.57. The van der Waals surface area contributed by atoms with Gasteiger partial charge in [0.25, 0.3) is 5.56 Å². The van der Waals surface area contributed by atoms with Crippen molar-refractivity contribution >= 4 is 5.82 Å². The molecule has 5 heteroatoms. The Labute approximate surface area is 113 Å². The first-order valence-electron chi connectivity index (χ1n) is 6.67. The van der Waals surface area contributed by atoms with Gasteiger partial charge in [0.05, 0.1) is 12.5 Å². The summed E-state index contributed by atoms with van der Waals surface area (Å²) in [5.74, 6) is 0.482. The normalized spacial score (nSPS) is 15.1. The van der Waals surface area contributed by atoms with Crippen molar-refractivity contribution in [1.82, 2.24) is 9.55 Å². The van der Waals surface area contributed by atoms with Crippen LogP contribution in [0.4, 0.5) is 5.82 Å². The Hall–Kier alpha value is -1.83. The van der Waals surface area contributed by atoms with Gasteiger partial charge in [-0.1, -0.05) is 0 Å². The highest BCUT2D eigenvalue weighted by atomic mass is 16.1. The lowest BCUT2D eigenvalue weighted by Gasteiger charge is -2.26. The number of rotatable bonds is 4. The summed E-state index contributed by atoms with van der Waals surface area (Å²) in [6, 6.07) is 2.52. The summed E-state index contributed by atoms with van der Waals surface area (Å²) >= 11 is 0. The van der Waals surface area contributed by atoms with Crippen LogP contribution in [0.5, 0.6) is 0 Å². The van der Waals surface area contributed by atoms with Gasteiger partial charge >= 0.3 is 0 Å². The molecule has 0 spiro atoms. The molecule has 102 valence electrons. The predicted molar refractivity (Wildman–Crippen MR) is 74.1 cm³/mol. The third kappa shape index (κ3) is 2.95. The van der Waals surface area contributed by atoms with E-state index >= 15 is 0 Å². The van der Waals surface area contributed by atoms with Crippen molar-refractivity contribution in [2.45, 2.75) is 51.6 Å². The van der Waals surface area contributed by atoms with Crippen molar-refractivity contribution in [2.75, 3.05) is 11.4 Å². The van der Waals surface area contributed by atoms with Crippen LogP contribution in [0.1, 0.15) is 40.0 Å². The summed E-state index contributed by atoms with van der Waals surface area (Å²) in [5, 5.41) is 8.74. The highest BCUT2D eigenvalue weighted by molar-refractivity contribution is 5.39. The van der Waals surface area contributed by atoms with Crippen LogP contribution >= 0.6 is 0 Å². The van der Waals surface area contributed by atoms with Gasteiger partial charge in [-0.25, -0.2) is 4.98 Å². The van der Waals surface area contributed by atoms with Crippen LogP contribution in [0, 0.1) is 11.3 Å². The number of nitrogens with zero attached hydrogens (tertiary/aromatic N) is 4. The van der Waals surface area contributed by atoms with Gasteiger partial charge in [-0.05, 0) is 33.6 Å². The molecule has 0 saturated heterocycles. The molecule has 1 aliphatic rings. The number of hydrogen-bond acceptors (Lipinski definition) is 4. The topological polar surface area (TPSA) is 61.9 Å². The quantitative estimate of drug-likeness (QED) is 0.829. The van der Waals surface area contributed by atoms with E-state index in [1.165, 1.54) is 0 Å². The molecule has 0 unspecified atom stereocenters. The molecule has 0 atom stereocenters. The molecule has 1 heterocycles. The fraction of sp³-hybridized carbons (Fsp3) is 0.643. The van der Waals surface area contributed by atoms with E-state index in [-0.39, 0.29) is 11.1 Å². The van der Waals surface area contributed by atoms with Gasteiger partial charge in [0, 0.05) is 30.5 Å². The van der Waals surface area contributed by atoms with Crippen LogP contribution in [0.15, 0.2) is 17.2 Å². The van der Waals surface area contributed by atoms with E-state index in [0.717, 1.165) is 12.8 Å². The van der Waals surface area contributed by atoms with Gasteiger partial charge < -0.3 is 9.47 Å². The van der Waals surface area contributed by atoms with Crippen molar-refractivity contribution in [3.8, 4) is 6.07 Å². The first-order valence-corrected chi connectivity index (χ1v) is 6.67. The maximum Gasteiger partial charge on any atom is 0.293 e. The lowest BCUT2D eigenvalue weighted by molar-refractivity contribution is 0.382.